The van der Waals surface area contributed by atoms with Crippen molar-refractivity contribution in [3.63, 3.8) is 0 Å². The average molecular weight is 449 g/mol. The van der Waals surface area contributed by atoms with E-state index in [2.05, 4.69) is 9.88 Å². The number of hydrogen-bond acceptors (Lipinski definition) is 5. The predicted molar refractivity (Wildman–Crippen MR) is 127 cm³/mol. The van der Waals surface area contributed by atoms with Crippen LogP contribution in [0.2, 0.25) is 5.02 Å². The number of benzene rings is 3. The van der Waals surface area contributed by atoms with Crippen LogP contribution in [0.1, 0.15) is 19.3 Å². The lowest BCUT2D eigenvalue weighted by Crippen LogP contribution is -2.21. The van der Waals surface area contributed by atoms with Crippen LogP contribution in [0.25, 0.3) is 22.6 Å². The molecule has 0 spiro atoms. The summed E-state index contributed by atoms with van der Waals surface area (Å²) in [6.07, 6.45) is 3.67. The van der Waals surface area contributed by atoms with Crippen LogP contribution in [0.5, 0.6) is 17.2 Å². The van der Waals surface area contributed by atoms with Gasteiger partial charge in [0.15, 0.2) is 5.58 Å². The molecule has 0 atom stereocenters. The van der Waals surface area contributed by atoms with E-state index in [4.69, 9.17) is 25.5 Å². The number of rotatable bonds is 8. The molecule has 0 bridgehead atoms. The van der Waals surface area contributed by atoms with Crippen molar-refractivity contribution in [2.45, 2.75) is 19.3 Å². The van der Waals surface area contributed by atoms with Crippen molar-refractivity contribution in [1.29, 1.82) is 0 Å². The molecule has 0 N–H and O–H groups in total. The number of halogens is 1. The molecule has 1 saturated heterocycles. The van der Waals surface area contributed by atoms with Gasteiger partial charge in [-0.05, 0) is 86.9 Å². The van der Waals surface area contributed by atoms with Crippen LogP contribution < -0.4 is 9.47 Å². The van der Waals surface area contributed by atoms with E-state index in [1.54, 1.807) is 12.1 Å². The summed E-state index contributed by atoms with van der Waals surface area (Å²) >= 11 is 5.94. The van der Waals surface area contributed by atoms with Gasteiger partial charge in [-0.1, -0.05) is 17.7 Å². The first-order valence-corrected chi connectivity index (χ1v) is 11.4. The molecule has 2 heterocycles. The van der Waals surface area contributed by atoms with Gasteiger partial charge < -0.3 is 18.8 Å². The summed E-state index contributed by atoms with van der Waals surface area (Å²) < 4.78 is 17.9. The lowest BCUT2D eigenvalue weighted by Gasteiger charge is -2.14. The number of hydrogen-bond donors (Lipinski definition) is 0. The van der Waals surface area contributed by atoms with E-state index < -0.39 is 0 Å². The fraction of sp³-hybridized carbons (Fsp3) is 0.269. The fourth-order valence-electron chi connectivity index (χ4n) is 3.93. The highest BCUT2D eigenvalue weighted by atomic mass is 35.5. The Hall–Kier alpha value is -3.02. The molecule has 6 heteroatoms. The number of oxazole rings is 1. The van der Waals surface area contributed by atoms with Gasteiger partial charge in [0.25, 0.3) is 0 Å². The van der Waals surface area contributed by atoms with E-state index in [0.717, 1.165) is 29.8 Å². The van der Waals surface area contributed by atoms with E-state index in [9.17, 15) is 0 Å². The Kier molecular flexibility index (Phi) is 6.28. The third-order valence-electron chi connectivity index (χ3n) is 5.58. The van der Waals surface area contributed by atoms with Crippen LogP contribution in [-0.4, -0.2) is 36.1 Å². The highest BCUT2D eigenvalue weighted by molar-refractivity contribution is 6.30. The minimum absolute atomic E-state index is 0.561. The molecule has 164 valence electrons. The Morgan fingerprint density at radius 3 is 2.56 bits per heavy atom. The average Bonchev–Trinajstić information content (AvgIpc) is 3.48. The molecular formula is C26H25ClN2O3. The minimum atomic E-state index is 0.561. The van der Waals surface area contributed by atoms with Crippen LogP contribution in [0, 0.1) is 0 Å². The van der Waals surface area contributed by atoms with Gasteiger partial charge in [-0.3, -0.25) is 0 Å². The second kappa shape index (κ2) is 9.63. The van der Waals surface area contributed by atoms with Gasteiger partial charge in [0, 0.05) is 23.2 Å². The van der Waals surface area contributed by atoms with Crippen molar-refractivity contribution in [3.8, 4) is 28.7 Å². The molecule has 0 amide bonds. The Bertz CT molecular complexity index is 1180. The number of fused-ring (bicyclic) bond motifs is 1. The Balaban J connectivity index is 1.25. The number of ether oxygens (including phenoxy) is 2. The molecule has 32 heavy (non-hydrogen) atoms. The van der Waals surface area contributed by atoms with Crippen LogP contribution in [0.3, 0.4) is 0 Å². The van der Waals surface area contributed by atoms with Crippen LogP contribution in [-0.2, 0) is 0 Å². The Labute approximate surface area is 192 Å². The molecular weight excluding hydrogens is 424 g/mol. The third kappa shape index (κ3) is 5.06. The maximum Gasteiger partial charge on any atom is 0.227 e. The highest BCUT2D eigenvalue weighted by Crippen LogP contribution is 2.31. The summed E-state index contributed by atoms with van der Waals surface area (Å²) in [6.45, 7) is 4.25. The summed E-state index contributed by atoms with van der Waals surface area (Å²) in [6, 6.07) is 20.8. The second-order valence-electron chi connectivity index (χ2n) is 7.98. The topological polar surface area (TPSA) is 47.7 Å². The zero-order chi connectivity index (χ0) is 21.8. The second-order valence-corrected chi connectivity index (χ2v) is 8.42. The highest BCUT2D eigenvalue weighted by Gasteiger charge is 2.12. The molecule has 5 nitrogen and oxygen atoms in total. The summed E-state index contributed by atoms with van der Waals surface area (Å²) in [7, 11) is 0. The molecule has 0 saturated carbocycles. The molecule has 4 aromatic rings. The van der Waals surface area contributed by atoms with E-state index in [1.165, 1.54) is 25.9 Å². The first kappa shape index (κ1) is 20.9. The van der Waals surface area contributed by atoms with E-state index in [-0.39, 0.29) is 0 Å². The monoisotopic (exact) mass is 448 g/mol. The summed E-state index contributed by atoms with van der Waals surface area (Å²) in [5.41, 5.74) is 2.34. The molecule has 1 aliphatic heterocycles. The maximum absolute atomic E-state index is 6.03. The van der Waals surface area contributed by atoms with Crippen LogP contribution in [0.15, 0.2) is 71.1 Å². The lowest BCUT2D eigenvalue weighted by molar-refractivity contribution is 0.263. The summed E-state index contributed by atoms with van der Waals surface area (Å²) in [4.78, 5) is 7.13. The predicted octanol–water partition coefficient (Wildman–Crippen LogP) is 6.81. The molecule has 0 unspecified atom stereocenters. The molecule has 0 radical (unpaired) electrons. The van der Waals surface area contributed by atoms with Gasteiger partial charge >= 0.3 is 0 Å². The molecule has 5 rings (SSSR count). The van der Waals surface area contributed by atoms with Crippen molar-refractivity contribution in [1.82, 2.24) is 9.88 Å². The third-order valence-corrected chi connectivity index (χ3v) is 5.83. The van der Waals surface area contributed by atoms with E-state index in [1.807, 2.05) is 54.6 Å². The Morgan fingerprint density at radius 2 is 1.72 bits per heavy atom. The van der Waals surface area contributed by atoms with Crippen molar-refractivity contribution in [2.24, 2.45) is 0 Å². The normalized spacial score (nSPS) is 14.2. The fourth-order valence-corrected chi connectivity index (χ4v) is 4.06. The molecule has 1 aromatic heterocycles. The number of nitrogens with zero attached hydrogens (tertiary/aromatic N) is 2. The summed E-state index contributed by atoms with van der Waals surface area (Å²) in [5, 5.41) is 0.672. The SMILES string of the molecule is Clc1ccc(Oc2ccc3nc(-c4cccc(OCCCN5CCCC5)c4)oc3c2)cc1. The van der Waals surface area contributed by atoms with Gasteiger partial charge in [-0.15, -0.1) is 0 Å². The van der Waals surface area contributed by atoms with Gasteiger partial charge in [0.1, 0.15) is 22.8 Å². The minimum Gasteiger partial charge on any atom is -0.494 e. The van der Waals surface area contributed by atoms with Gasteiger partial charge in [0.2, 0.25) is 5.89 Å². The van der Waals surface area contributed by atoms with Crippen LogP contribution in [0.4, 0.5) is 0 Å². The zero-order valence-electron chi connectivity index (χ0n) is 17.8. The lowest BCUT2D eigenvalue weighted by atomic mass is 10.2. The largest absolute Gasteiger partial charge is 0.494 e. The number of aromatic nitrogens is 1. The van der Waals surface area contributed by atoms with Crippen molar-refractivity contribution in [2.75, 3.05) is 26.2 Å². The first-order chi connectivity index (χ1) is 15.7. The van der Waals surface area contributed by atoms with Gasteiger partial charge in [-0.2, -0.15) is 0 Å². The molecule has 0 aliphatic carbocycles. The quantitative estimate of drug-likeness (QED) is 0.277. The Morgan fingerprint density at radius 1 is 0.906 bits per heavy atom. The summed E-state index contributed by atoms with van der Waals surface area (Å²) in [5.74, 6) is 2.78. The van der Waals surface area contributed by atoms with Crippen molar-refractivity contribution in [3.05, 3.63) is 71.8 Å². The standard InChI is InChI=1S/C26H25ClN2O3/c27-20-7-9-21(10-8-20)31-23-11-12-24-25(18-23)32-26(28-24)19-5-3-6-22(17-19)30-16-4-15-29-13-1-2-14-29/h3,5-12,17-18H,1-2,4,13-16H2. The van der Waals surface area contributed by atoms with Crippen molar-refractivity contribution < 1.29 is 13.9 Å². The van der Waals surface area contributed by atoms with E-state index >= 15 is 0 Å². The maximum atomic E-state index is 6.03. The molecule has 1 fully saturated rings. The van der Waals surface area contributed by atoms with Gasteiger partial charge in [0.05, 0.1) is 6.61 Å². The number of likely N-dealkylation sites (tertiary alicyclic amines) is 1. The zero-order valence-corrected chi connectivity index (χ0v) is 18.6. The molecule has 1 aliphatic rings. The first-order valence-electron chi connectivity index (χ1n) is 11.0. The van der Waals surface area contributed by atoms with Crippen LogP contribution >= 0.6 is 11.6 Å². The van der Waals surface area contributed by atoms with Crippen molar-refractivity contribution >= 4 is 22.7 Å². The van der Waals surface area contributed by atoms with E-state index in [0.29, 0.717) is 34.6 Å². The smallest absolute Gasteiger partial charge is 0.227 e. The van der Waals surface area contributed by atoms with Gasteiger partial charge in [-0.25, -0.2) is 4.98 Å². The molecule has 3 aromatic carbocycles.